The summed E-state index contributed by atoms with van der Waals surface area (Å²) in [5, 5.41) is -0.207. The Kier molecular flexibility index (Phi) is 6.16. The van der Waals surface area contributed by atoms with Crippen molar-refractivity contribution in [1.29, 1.82) is 0 Å². The first kappa shape index (κ1) is 18.7. The molecule has 2 aromatic carbocycles. The van der Waals surface area contributed by atoms with Gasteiger partial charge in [-0.25, -0.2) is 0 Å². The molecule has 0 radical (unpaired) electrons. The summed E-state index contributed by atoms with van der Waals surface area (Å²) in [6.45, 7) is 0.434. The molecular formula is C20H18BrNO3S. The van der Waals surface area contributed by atoms with Crippen molar-refractivity contribution in [2.75, 3.05) is 13.7 Å². The van der Waals surface area contributed by atoms with Gasteiger partial charge in [0.1, 0.15) is 5.75 Å². The minimum Gasteiger partial charge on any atom is -0.496 e. The molecule has 0 N–H and O–H groups in total. The number of carbonyl (C=O) groups is 2. The Balaban J connectivity index is 1.65. The SMILES string of the molecule is COc1ccc(/C=C2/SC(=O)N(CCCc3ccccc3)C2=O)cc1Br. The van der Waals surface area contributed by atoms with E-state index < -0.39 is 0 Å². The first-order chi connectivity index (χ1) is 12.6. The van der Waals surface area contributed by atoms with E-state index in [1.807, 2.05) is 36.4 Å². The quantitative estimate of drug-likeness (QED) is 0.594. The van der Waals surface area contributed by atoms with Gasteiger partial charge in [0.15, 0.2) is 0 Å². The van der Waals surface area contributed by atoms with Crippen LogP contribution in [0.3, 0.4) is 0 Å². The van der Waals surface area contributed by atoms with E-state index in [0.717, 1.165) is 40.4 Å². The number of aryl methyl sites for hydroxylation is 1. The van der Waals surface area contributed by atoms with Crippen LogP contribution in [0.1, 0.15) is 17.5 Å². The van der Waals surface area contributed by atoms with E-state index >= 15 is 0 Å². The third-order valence-corrected chi connectivity index (χ3v) is 5.56. The predicted octanol–water partition coefficient (Wildman–Crippen LogP) is 5.13. The Labute approximate surface area is 165 Å². The van der Waals surface area contributed by atoms with Crippen LogP contribution in [0.25, 0.3) is 6.08 Å². The Hall–Kier alpha value is -2.05. The van der Waals surface area contributed by atoms with Crippen LogP contribution in [-0.2, 0) is 11.2 Å². The second-order valence-corrected chi connectivity index (χ2v) is 7.66. The topological polar surface area (TPSA) is 46.6 Å². The van der Waals surface area contributed by atoms with Gasteiger partial charge < -0.3 is 4.74 Å². The summed E-state index contributed by atoms with van der Waals surface area (Å²) in [4.78, 5) is 26.5. The highest BCUT2D eigenvalue weighted by molar-refractivity contribution is 9.10. The Morgan fingerprint density at radius 1 is 1.15 bits per heavy atom. The number of nitrogens with zero attached hydrogens (tertiary/aromatic N) is 1. The lowest BCUT2D eigenvalue weighted by Crippen LogP contribution is -2.29. The van der Waals surface area contributed by atoms with E-state index in [4.69, 9.17) is 4.74 Å². The minimum atomic E-state index is -0.222. The molecule has 2 aromatic rings. The Morgan fingerprint density at radius 3 is 2.62 bits per heavy atom. The van der Waals surface area contributed by atoms with E-state index in [1.165, 1.54) is 10.5 Å². The van der Waals surface area contributed by atoms with Crippen LogP contribution in [0.2, 0.25) is 0 Å². The van der Waals surface area contributed by atoms with Gasteiger partial charge in [-0.05, 0) is 69.9 Å². The summed E-state index contributed by atoms with van der Waals surface area (Å²) in [5.74, 6) is 0.496. The molecule has 134 valence electrons. The van der Waals surface area contributed by atoms with Crippen molar-refractivity contribution in [2.24, 2.45) is 0 Å². The van der Waals surface area contributed by atoms with Crippen molar-refractivity contribution >= 4 is 44.9 Å². The van der Waals surface area contributed by atoms with Gasteiger partial charge in [-0.1, -0.05) is 36.4 Å². The van der Waals surface area contributed by atoms with Gasteiger partial charge in [-0.15, -0.1) is 0 Å². The van der Waals surface area contributed by atoms with E-state index in [2.05, 4.69) is 28.1 Å². The molecule has 4 nitrogen and oxygen atoms in total. The van der Waals surface area contributed by atoms with Crippen molar-refractivity contribution in [3.05, 3.63) is 69.0 Å². The second kappa shape index (κ2) is 8.56. The van der Waals surface area contributed by atoms with Gasteiger partial charge in [0.25, 0.3) is 11.1 Å². The number of hydrogen-bond acceptors (Lipinski definition) is 4. The van der Waals surface area contributed by atoms with Crippen LogP contribution in [0, 0.1) is 0 Å². The number of benzene rings is 2. The molecular weight excluding hydrogens is 414 g/mol. The van der Waals surface area contributed by atoms with Crippen molar-refractivity contribution in [3.8, 4) is 5.75 Å². The number of hydrogen-bond donors (Lipinski definition) is 0. The number of thioether (sulfide) groups is 1. The number of amides is 2. The van der Waals surface area contributed by atoms with Gasteiger partial charge >= 0.3 is 0 Å². The molecule has 3 rings (SSSR count). The molecule has 0 aromatic heterocycles. The summed E-state index contributed by atoms with van der Waals surface area (Å²) >= 11 is 4.42. The highest BCUT2D eigenvalue weighted by Gasteiger charge is 2.34. The monoisotopic (exact) mass is 431 g/mol. The number of ether oxygens (including phenoxy) is 1. The minimum absolute atomic E-state index is 0.207. The zero-order valence-corrected chi connectivity index (χ0v) is 16.7. The smallest absolute Gasteiger partial charge is 0.293 e. The molecule has 1 fully saturated rings. The van der Waals surface area contributed by atoms with Gasteiger partial charge in [0, 0.05) is 6.54 Å². The Morgan fingerprint density at radius 2 is 1.92 bits per heavy atom. The zero-order valence-electron chi connectivity index (χ0n) is 14.3. The van der Waals surface area contributed by atoms with Crippen molar-refractivity contribution in [2.45, 2.75) is 12.8 Å². The molecule has 0 bridgehead atoms. The highest BCUT2D eigenvalue weighted by atomic mass is 79.9. The highest BCUT2D eigenvalue weighted by Crippen LogP contribution is 2.34. The first-order valence-electron chi connectivity index (χ1n) is 8.21. The number of rotatable bonds is 6. The maximum atomic E-state index is 12.6. The maximum Gasteiger partial charge on any atom is 0.293 e. The molecule has 0 spiro atoms. The molecule has 0 aliphatic carbocycles. The molecule has 1 heterocycles. The average Bonchev–Trinajstić information content (AvgIpc) is 2.90. The maximum absolute atomic E-state index is 12.6. The molecule has 1 aliphatic heterocycles. The average molecular weight is 432 g/mol. The van der Waals surface area contributed by atoms with Gasteiger partial charge in [-0.3, -0.25) is 14.5 Å². The summed E-state index contributed by atoms with van der Waals surface area (Å²) in [6, 6.07) is 15.6. The first-order valence-corrected chi connectivity index (χ1v) is 9.82. The van der Waals surface area contributed by atoms with E-state index in [1.54, 1.807) is 13.2 Å². The van der Waals surface area contributed by atoms with Crippen molar-refractivity contribution < 1.29 is 14.3 Å². The molecule has 1 aliphatic rings. The molecule has 6 heteroatoms. The van der Waals surface area contributed by atoms with Crippen LogP contribution in [0.15, 0.2) is 57.9 Å². The molecule has 0 atom stereocenters. The fraction of sp³-hybridized carbons (Fsp3) is 0.200. The van der Waals surface area contributed by atoms with Gasteiger partial charge in [0.2, 0.25) is 0 Å². The standard InChI is InChI=1S/C20H18BrNO3S/c1-25-17-10-9-15(12-16(17)21)13-18-19(23)22(20(24)26-18)11-5-8-14-6-3-2-4-7-14/h2-4,6-7,9-10,12-13H,5,8,11H2,1H3/b18-13+. The number of methoxy groups -OCH3 is 1. The fourth-order valence-corrected chi connectivity index (χ4v) is 4.13. The Bertz CT molecular complexity index is 851. The second-order valence-electron chi connectivity index (χ2n) is 5.82. The fourth-order valence-electron chi connectivity index (χ4n) is 2.70. The van der Waals surface area contributed by atoms with Gasteiger partial charge in [0.05, 0.1) is 16.5 Å². The van der Waals surface area contributed by atoms with Crippen LogP contribution in [0.5, 0.6) is 5.75 Å². The van der Waals surface area contributed by atoms with E-state index in [9.17, 15) is 9.59 Å². The van der Waals surface area contributed by atoms with Crippen LogP contribution < -0.4 is 4.74 Å². The van der Waals surface area contributed by atoms with Crippen molar-refractivity contribution in [1.82, 2.24) is 4.90 Å². The molecule has 26 heavy (non-hydrogen) atoms. The third kappa shape index (κ3) is 4.37. The van der Waals surface area contributed by atoms with E-state index in [0.29, 0.717) is 11.4 Å². The summed E-state index contributed by atoms with van der Waals surface area (Å²) in [6.07, 6.45) is 3.34. The van der Waals surface area contributed by atoms with E-state index in [-0.39, 0.29) is 11.1 Å². The van der Waals surface area contributed by atoms with Gasteiger partial charge in [-0.2, -0.15) is 0 Å². The largest absolute Gasteiger partial charge is 0.496 e. The molecule has 2 amide bonds. The van der Waals surface area contributed by atoms with Crippen LogP contribution >= 0.6 is 27.7 Å². The normalized spacial score (nSPS) is 15.8. The lowest BCUT2D eigenvalue weighted by atomic mass is 10.1. The molecule has 0 saturated carbocycles. The zero-order chi connectivity index (χ0) is 18.5. The molecule has 0 unspecified atom stereocenters. The summed E-state index contributed by atoms with van der Waals surface area (Å²) in [7, 11) is 1.60. The lowest BCUT2D eigenvalue weighted by molar-refractivity contribution is -0.122. The number of halogens is 1. The lowest BCUT2D eigenvalue weighted by Gasteiger charge is -2.12. The summed E-state index contributed by atoms with van der Waals surface area (Å²) in [5.41, 5.74) is 2.05. The van der Waals surface area contributed by atoms with Crippen LogP contribution in [0.4, 0.5) is 4.79 Å². The number of carbonyl (C=O) groups excluding carboxylic acids is 2. The van der Waals surface area contributed by atoms with Crippen LogP contribution in [-0.4, -0.2) is 29.7 Å². The predicted molar refractivity (Wildman–Crippen MR) is 108 cm³/mol. The van der Waals surface area contributed by atoms with Crippen molar-refractivity contribution in [3.63, 3.8) is 0 Å². The summed E-state index contributed by atoms with van der Waals surface area (Å²) < 4.78 is 6.01. The number of imide groups is 1. The molecule has 1 saturated heterocycles. The third-order valence-electron chi connectivity index (χ3n) is 4.04.